The molecule has 0 aromatic carbocycles. The van der Waals surface area contributed by atoms with Gasteiger partial charge in [-0.05, 0) is 12.8 Å². The molecule has 0 spiro atoms. The molecule has 1 N–H and O–H groups in total. The highest BCUT2D eigenvalue weighted by atomic mass is 35.5. The summed E-state index contributed by atoms with van der Waals surface area (Å²) in [6, 6.07) is 2.04. The van der Waals surface area contributed by atoms with Gasteiger partial charge in [-0.3, -0.25) is 4.68 Å². The van der Waals surface area contributed by atoms with Crippen LogP contribution in [0, 0.1) is 0 Å². The Morgan fingerprint density at radius 1 is 1.39 bits per heavy atom. The van der Waals surface area contributed by atoms with Crippen LogP contribution in [-0.2, 0) is 6.54 Å². The van der Waals surface area contributed by atoms with E-state index in [4.69, 9.17) is 11.6 Å². The zero-order valence-electron chi connectivity index (χ0n) is 9.88. The van der Waals surface area contributed by atoms with E-state index in [1.165, 1.54) is 12.8 Å². The van der Waals surface area contributed by atoms with Gasteiger partial charge in [0.25, 0.3) is 0 Å². The second-order valence-corrected chi connectivity index (χ2v) is 4.89. The lowest BCUT2D eigenvalue weighted by Crippen LogP contribution is -2.12. The van der Waals surface area contributed by atoms with Gasteiger partial charge < -0.3 is 5.32 Å². The van der Waals surface area contributed by atoms with Crippen molar-refractivity contribution < 1.29 is 0 Å². The molecule has 0 radical (unpaired) electrons. The number of aromatic nitrogens is 4. The summed E-state index contributed by atoms with van der Waals surface area (Å²) in [6.07, 6.45) is 7.57. The van der Waals surface area contributed by atoms with Crippen molar-refractivity contribution in [3.63, 3.8) is 0 Å². The van der Waals surface area contributed by atoms with Gasteiger partial charge in [-0.1, -0.05) is 11.6 Å². The second kappa shape index (κ2) is 4.94. The van der Waals surface area contributed by atoms with Gasteiger partial charge >= 0.3 is 0 Å². The predicted octanol–water partition coefficient (Wildman–Crippen LogP) is 2.32. The van der Waals surface area contributed by atoms with Crippen molar-refractivity contribution in [2.45, 2.75) is 25.3 Å². The van der Waals surface area contributed by atoms with Crippen LogP contribution in [0.25, 0.3) is 0 Å². The quantitative estimate of drug-likeness (QED) is 0.899. The van der Waals surface area contributed by atoms with Gasteiger partial charge in [-0.15, -0.1) is 0 Å². The Bertz CT molecular complexity index is 535. The van der Waals surface area contributed by atoms with Crippen LogP contribution < -0.4 is 5.32 Å². The summed E-state index contributed by atoms with van der Waals surface area (Å²) >= 11 is 5.79. The van der Waals surface area contributed by atoms with Crippen molar-refractivity contribution >= 4 is 17.4 Å². The van der Waals surface area contributed by atoms with Gasteiger partial charge in [0.1, 0.15) is 12.1 Å². The van der Waals surface area contributed by atoms with E-state index in [0.29, 0.717) is 10.9 Å². The first-order chi connectivity index (χ1) is 8.81. The van der Waals surface area contributed by atoms with Crippen molar-refractivity contribution in [3.8, 4) is 0 Å². The number of hydrogen-bond donors (Lipinski definition) is 1. The largest absolute Gasteiger partial charge is 0.368 e. The summed E-state index contributed by atoms with van der Waals surface area (Å²) < 4.78 is 1.80. The Morgan fingerprint density at radius 2 is 2.28 bits per heavy atom. The maximum atomic E-state index is 5.79. The first-order valence-corrected chi connectivity index (χ1v) is 6.43. The molecule has 2 aromatic rings. The number of rotatable bonds is 5. The Morgan fingerprint density at radius 3 is 3.00 bits per heavy atom. The van der Waals surface area contributed by atoms with Crippen LogP contribution in [0.2, 0.25) is 5.02 Å². The maximum absolute atomic E-state index is 5.79. The number of hydrogen-bond acceptors (Lipinski definition) is 4. The minimum atomic E-state index is 0.651. The summed E-state index contributed by atoms with van der Waals surface area (Å²) in [5.41, 5.74) is 1.15. The lowest BCUT2D eigenvalue weighted by atomic mass is 10.3. The molecule has 0 atom stereocenters. The Labute approximate surface area is 110 Å². The number of nitrogens with one attached hydrogen (secondary N) is 1. The van der Waals surface area contributed by atoms with E-state index in [0.717, 1.165) is 24.6 Å². The number of nitrogens with zero attached hydrogens (tertiary/aromatic N) is 4. The van der Waals surface area contributed by atoms with Crippen molar-refractivity contribution in [2.24, 2.45) is 0 Å². The third-order valence-electron chi connectivity index (χ3n) is 2.93. The van der Waals surface area contributed by atoms with Gasteiger partial charge in [-0.25, -0.2) is 9.97 Å². The molecule has 18 heavy (non-hydrogen) atoms. The van der Waals surface area contributed by atoms with Gasteiger partial charge in [0, 0.05) is 30.4 Å². The third kappa shape index (κ3) is 2.79. The predicted molar refractivity (Wildman–Crippen MR) is 69.7 cm³/mol. The third-order valence-corrected chi connectivity index (χ3v) is 3.13. The standard InChI is InChI=1S/C12H14ClN5/c13-10-6-17-18(7-10)4-3-14-12-5-11(9-1-2-9)15-8-16-12/h5-9H,1-4H2,(H,14,15,16). The lowest BCUT2D eigenvalue weighted by Gasteiger charge is -2.06. The van der Waals surface area contributed by atoms with Gasteiger partial charge in [0.05, 0.1) is 17.8 Å². The van der Waals surface area contributed by atoms with Crippen LogP contribution in [0.15, 0.2) is 24.8 Å². The molecule has 6 heteroatoms. The SMILES string of the molecule is Clc1cnn(CCNc2cc(C3CC3)ncn2)c1. The molecule has 1 aliphatic carbocycles. The van der Waals surface area contributed by atoms with E-state index >= 15 is 0 Å². The van der Waals surface area contributed by atoms with Crippen LogP contribution in [0.5, 0.6) is 0 Å². The fourth-order valence-corrected chi connectivity index (χ4v) is 1.99. The topological polar surface area (TPSA) is 55.6 Å². The average molecular weight is 264 g/mol. The van der Waals surface area contributed by atoms with E-state index in [9.17, 15) is 0 Å². The highest BCUT2D eigenvalue weighted by Crippen LogP contribution is 2.39. The highest BCUT2D eigenvalue weighted by Gasteiger charge is 2.25. The molecule has 0 saturated heterocycles. The fraction of sp³-hybridized carbons (Fsp3) is 0.417. The monoisotopic (exact) mass is 263 g/mol. The zero-order chi connectivity index (χ0) is 12.4. The first-order valence-electron chi connectivity index (χ1n) is 6.05. The number of halogens is 1. The molecule has 0 amide bonds. The molecule has 2 aromatic heterocycles. The first kappa shape index (κ1) is 11.5. The summed E-state index contributed by atoms with van der Waals surface area (Å²) in [4.78, 5) is 8.49. The molecule has 1 fully saturated rings. The molecular formula is C12H14ClN5. The maximum Gasteiger partial charge on any atom is 0.129 e. The molecule has 5 nitrogen and oxygen atoms in total. The van der Waals surface area contributed by atoms with E-state index in [1.807, 2.05) is 6.07 Å². The molecule has 0 bridgehead atoms. The van der Waals surface area contributed by atoms with Crippen LogP contribution in [-0.4, -0.2) is 26.3 Å². The van der Waals surface area contributed by atoms with E-state index in [1.54, 1.807) is 23.4 Å². The molecule has 1 aliphatic rings. The van der Waals surface area contributed by atoms with Crippen LogP contribution in [0.1, 0.15) is 24.5 Å². The minimum absolute atomic E-state index is 0.651. The van der Waals surface area contributed by atoms with Crippen LogP contribution >= 0.6 is 11.6 Å². The molecule has 1 saturated carbocycles. The fourth-order valence-electron chi connectivity index (χ4n) is 1.83. The van der Waals surface area contributed by atoms with E-state index < -0.39 is 0 Å². The Balaban J connectivity index is 1.54. The van der Waals surface area contributed by atoms with Crippen molar-refractivity contribution in [3.05, 3.63) is 35.5 Å². The zero-order valence-corrected chi connectivity index (χ0v) is 10.6. The lowest BCUT2D eigenvalue weighted by molar-refractivity contribution is 0.637. The molecular weight excluding hydrogens is 250 g/mol. The molecule has 0 unspecified atom stereocenters. The van der Waals surface area contributed by atoms with Crippen LogP contribution in [0.4, 0.5) is 5.82 Å². The summed E-state index contributed by atoms with van der Waals surface area (Å²) in [7, 11) is 0. The average Bonchev–Trinajstić information content (AvgIpc) is 3.14. The minimum Gasteiger partial charge on any atom is -0.368 e. The molecule has 3 rings (SSSR count). The van der Waals surface area contributed by atoms with E-state index in [2.05, 4.69) is 20.4 Å². The molecule has 94 valence electrons. The van der Waals surface area contributed by atoms with Gasteiger partial charge in [-0.2, -0.15) is 5.10 Å². The number of anilines is 1. The van der Waals surface area contributed by atoms with Gasteiger partial charge in [0.15, 0.2) is 0 Å². The smallest absolute Gasteiger partial charge is 0.129 e. The van der Waals surface area contributed by atoms with Crippen molar-refractivity contribution in [1.82, 2.24) is 19.7 Å². The Hall–Kier alpha value is -1.62. The van der Waals surface area contributed by atoms with Crippen molar-refractivity contribution in [2.75, 3.05) is 11.9 Å². The summed E-state index contributed by atoms with van der Waals surface area (Å²) in [5.74, 6) is 1.53. The summed E-state index contributed by atoms with van der Waals surface area (Å²) in [6.45, 7) is 1.52. The van der Waals surface area contributed by atoms with E-state index in [-0.39, 0.29) is 0 Å². The second-order valence-electron chi connectivity index (χ2n) is 4.45. The normalized spacial score (nSPS) is 14.7. The van der Waals surface area contributed by atoms with Crippen LogP contribution in [0.3, 0.4) is 0 Å². The molecule has 2 heterocycles. The van der Waals surface area contributed by atoms with Crippen molar-refractivity contribution in [1.29, 1.82) is 0 Å². The Kier molecular flexibility index (Phi) is 3.15. The van der Waals surface area contributed by atoms with Gasteiger partial charge in [0.2, 0.25) is 0 Å². The highest BCUT2D eigenvalue weighted by molar-refractivity contribution is 6.30. The summed E-state index contributed by atoms with van der Waals surface area (Å²) in [5, 5.41) is 8.05. The molecule has 0 aliphatic heterocycles.